The van der Waals surface area contributed by atoms with E-state index in [0.717, 1.165) is 19.8 Å². The van der Waals surface area contributed by atoms with Crippen LogP contribution < -0.4 is 10.4 Å². The predicted molar refractivity (Wildman–Crippen MR) is 104 cm³/mol. The number of hydrogen-bond donors (Lipinski definition) is 0. The van der Waals surface area contributed by atoms with Crippen LogP contribution in [0.2, 0.25) is 5.04 Å². The van der Waals surface area contributed by atoms with Crippen LogP contribution in [0, 0.1) is 0 Å². The Morgan fingerprint density at radius 1 is 0.833 bits per heavy atom. The summed E-state index contributed by atoms with van der Waals surface area (Å²) in [5.74, 6) is 0. The summed E-state index contributed by atoms with van der Waals surface area (Å²) in [5, 5.41) is 2.79. The minimum Gasteiger partial charge on any atom is -0.395 e. The lowest BCUT2D eigenvalue weighted by molar-refractivity contribution is 0.142. The third-order valence-electron chi connectivity index (χ3n) is 5.08. The van der Waals surface area contributed by atoms with E-state index in [4.69, 9.17) is 4.43 Å². The minimum absolute atomic E-state index is 0.0649. The van der Waals surface area contributed by atoms with Gasteiger partial charge < -0.3 is 4.43 Å². The largest absolute Gasteiger partial charge is 0.395 e. The van der Waals surface area contributed by atoms with E-state index < -0.39 is 8.32 Å². The van der Waals surface area contributed by atoms with Crippen LogP contribution in [0.1, 0.15) is 33.6 Å². The molecule has 3 heteroatoms. The Morgan fingerprint density at radius 2 is 1.29 bits per heavy atom. The van der Waals surface area contributed by atoms with Crippen molar-refractivity contribution < 1.29 is 4.43 Å². The lowest BCUT2D eigenvalue weighted by Crippen LogP contribution is -2.67. The molecule has 1 aliphatic rings. The van der Waals surface area contributed by atoms with E-state index in [1.54, 1.807) is 0 Å². The summed E-state index contributed by atoms with van der Waals surface area (Å²) >= 11 is 0. The van der Waals surface area contributed by atoms with Crippen molar-refractivity contribution in [2.24, 2.45) is 0 Å². The van der Waals surface area contributed by atoms with Crippen LogP contribution in [0.25, 0.3) is 0 Å². The smallest absolute Gasteiger partial charge is 0.262 e. The van der Waals surface area contributed by atoms with Gasteiger partial charge in [-0.25, -0.2) is 0 Å². The van der Waals surface area contributed by atoms with Crippen LogP contribution in [-0.4, -0.2) is 33.0 Å². The first kappa shape index (κ1) is 17.4. The molecule has 1 fully saturated rings. The molecule has 0 unspecified atom stereocenters. The van der Waals surface area contributed by atoms with E-state index in [2.05, 4.69) is 86.3 Å². The molecule has 0 radical (unpaired) electrons. The first-order valence-electron chi connectivity index (χ1n) is 9.01. The van der Waals surface area contributed by atoms with E-state index in [1.807, 2.05) is 0 Å². The van der Waals surface area contributed by atoms with Crippen LogP contribution in [0.5, 0.6) is 0 Å². The second-order valence-electron chi connectivity index (χ2n) is 7.76. The molecule has 0 amide bonds. The molecule has 2 aromatic carbocycles. The Labute approximate surface area is 147 Å². The Balaban J connectivity index is 2.06. The molecule has 1 saturated heterocycles. The van der Waals surface area contributed by atoms with Gasteiger partial charge in [0.2, 0.25) is 0 Å². The molecule has 1 aliphatic heterocycles. The maximum Gasteiger partial charge on any atom is 0.262 e. The van der Waals surface area contributed by atoms with Gasteiger partial charge in [-0.3, -0.25) is 4.90 Å². The molecule has 0 aromatic heterocycles. The van der Waals surface area contributed by atoms with E-state index in [0.29, 0.717) is 0 Å². The van der Waals surface area contributed by atoms with Crippen molar-refractivity contribution in [3.8, 4) is 0 Å². The van der Waals surface area contributed by atoms with Gasteiger partial charge in [-0.1, -0.05) is 81.4 Å². The Kier molecular flexibility index (Phi) is 5.23. The highest BCUT2D eigenvalue weighted by atomic mass is 28.4. The van der Waals surface area contributed by atoms with Gasteiger partial charge in [0.1, 0.15) is 0 Å². The van der Waals surface area contributed by atoms with Crippen molar-refractivity contribution in [2.45, 2.75) is 38.7 Å². The molecule has 0 N–H and O–H groups in total. The van der Waals surface area contributed by atoms with Crippen LogP contribution in [-0.2, 0) is 4.43 Å². The van der Waals surface area contributed by atoms with Crippen molar-refractivity contribution in [3.63, 3.8) is 0 Å². The standard InChI is InChI=1S/C21H29NOSi/c1-21(2,3)24(19-12-6-4-7-13-19,20-14-8-5-9-15-20)23-18-22-16-10-11-17-22/h4-9,12-15H,10-11,16-18H2,1-3H3. The number of benzene rings is 2. The topological polar surface area (TPSA) is 12.5 Å². The van der Waals surface area contributed by atoms with Crippen LogP contribution in [0.4, 0.5) is 0 Å². The Bertz CT molecular complexity index is 590. The maximum absolute atomic E-state index is 6.92. The minimum atomic E-state index is -2.36. The molecule has 0 saturated carbocycles. The van der Waals surface area contributed by atoms with Gasteiger partial charge in [0.25, 0.3) is 8.32 Å². The van der Waals surface area contributed by atoms with Gasteiger partial charge in [-0.2, -0.15) is 0 Å². The second-order valence-corrected chi connectivity index (χ2v) is 12.1. The molecule has 0 atom stereocenters. The van der Waals surface area contributed by atoms with Crippen LogP contribution in [0.3, 0.4) is 0 Å². The average molecular weight is 340 g/mol. The van der Waals surface area contributed by atoms with Crippen molar-refractivity contribution in [1.29, 1.82) is 0 Å². The summed E-state index contributed by atoms with van der Waals surface area (Å²) in [7, 11) is -2.36. The highest BCUT2D eigenvalue weighted by Crippen LogP contribution is 2.36. The zero-order valence-electron chi connectivity index (χ0n) is 15.2. The Morgan fingerprint density at radius 3 is 1.71 bits per heavy atom. The van der Waals surface area contributed by atoms with Crippen molar-refractivity contribution in [1.82, 2.24) is 4.90 Å². The summed E-state index contributed by atoms with van der Waals surface area (Å²) in [5.41, 5.74) is 0. The van der Waals surface area contributed by atoms with Crippen molar-refractivity contribution in [3.05, 3.63) is 60.7 Å². The van der Waals surface area contributed by atoms with Gasteiger partial charge in [0, 0.05) is 13.1 Å². The molecule has 128 valence electrons. The fourth-order valence-electron chi connectivity index (χ4n) is 3.86. The molecule has 2 aromatic rings. The average Bonchev–Trinajstić information content (AvgIpc) is 3.10. The summed E-state index contributed by atoms with van der Waals surface area (Å²) < 4.78 is 6.92. The van der Waals surface area contributed by atoms with Crippen molar-refractivity contribution >= 4 is 18.7 Å². The van der Waals surface area contributed by atoms with Gasteiger partial charge in [0.15, 0.2) is 0 Å². The Hall–Kier alpha value is -1.42. The van der Waals surface area contributed by atoms with E-state index >= 15 is 0 Å². The molecular formula is C21H29NOSi. The number of rotatable bonds is 5. The first-order valence-corrected chi connectivity index (χ1v) is 10.9. The lowest BCUT2D eigenvalue weighted by Gasteiger charge is -2.43. The molecule has 2 nitrogen and oxygen atoms in total. The third-order valence-corrected chi connectivity index (χ3v) is 10.0. The predicted octanol–water partition coefficient (Wildman–Crippen LogP) is 3.62. The summed E-state index contributed by atoms with van der Waals surface area (Å²) in [6, 6.07) is 21.8. The molecule has 1 heterocycles. The first-order chi connectivity index (χ1) is 11.5. The number of nitrogens with zero attached hydrogens (tertiary/aromatic N) is 1. The molecule has 0 spiro atoms. The maximum atomic E-state index is 6.92. The SMILES string of the molecule is CC(C)(C)[Si](OCN1CCCC1)(c1ccccc1)c1ccccc1. The van der Waals surface area contributed by atoms with Gasteiger partial charge >= 0.3 is 0 Å². The molecular weight excluding hydrogens is 310 g/mol. The number of hydrogen-bond acceptors (Lipinski definition) is 2. The second kappa shape index (κ2) is 7.22. The highest BCUT2D eigenvalue weighted by molar-refractivity contribution is 6.99. The quantitative estimate of drug-likeness (QED) is 0.772. The monoisotopic (exact) mass is 339 g/mol. The van der Waals surface area contributed by atoms with Gasteiger partial charge in [0.05, 0.1) is 6.73 Å². The summed E-state index contributed by atoms with van der Waals surface area (Å²) in [6.07, 6.45) is 2.59. The third kappa shape index (κ3) is 3.34. The normalized spacial score (nSPS) is 16.5. The van der Waals surface area contributed by atoms with Gasteiger partial charge in [-0.15, -0.1) is 0 Å². The van der Waals surface area contributed by atoms with E-state index in [9.17, 15) is 0 Å². The van der Waals surface area contributed by atoms with E-state index in [-0.39, 0.29) is 5.04 Å². The molecule has 0 bridgehead atoms. The zero-order valence-corrected chi connectivity index (χ0v) is 16.2. The number of likely N-dealkylation sites (tertiary alicyclic amines) is 1. The summed E-state index contributed by atoms with van der Waals surface area (Å²) in [4.78, 5) is 2.46. The zero-order chi connectivity index (χ0) is 17.0. The van der Waals surface area contributed by atoms with Crippen molar-refractivity contribution in [2.75, 3.05) is 19.8 Å². The molecule has 3 rings (SSSR count). The van der Waals surface area contributed by atoms with Crippen LogP contribution >= 0.6 is 0 Å². The lowest BCUT2D eigenvalue weighted by atomic mass is 10.2. The summed E-state index contributed by atoms with van der Waals surface area (Å²) in [6.45, 7) is 10.1. The fourth-order valence-corrected chi connectivity index (χ4v) is 8.39. The molecule has 0 aliphatic carbocycles. The molecule has 24 heavy (non-hydrogen) atoms. The van der Waals surface area contributed by atoms with E-state index in [1.165, 1.54) is 23.2 Å². The van der Waals surface area contributed by atoms with Gasteiger partial charge in [-0.05, 0) is 28.3 Å². The van der Waals surface area contributed by atoms with Crippen LogP contribution in [0.15, 0.2) is 60.7 Å². The highest BCUT2D eigenvalue weighted by Gasteiger charge is 2.50. The fraction of sp³-hybridized carbons (Fsp3) is 0.429.